The van der Waals surface area contributed by atoms with Crippen LogP contribution in [0.4, 0.5) is 8.78 Å². The van der Waals surface area contributed by atoms with Gasteiger partial charge in [0.1, 0.15) is 11.6 Å². The molecule has 1 nitrogen and oxygen atoms in total. The lowest BCUT2D eigenvalue weighted by Gasteiger charge is -2.12. The van der Waals surface area contributed by atoms with Gasteiger partial charge >= 0.3 is 0 Å². The second-order valence-corrected chi connectivity index (χ2v) is 4.83. The highest BCUT2D eigenvalue weighted by Gasteiger charge is 2.09. The van der Waals surface area contributed by atoms with Crippen LogP contribution in [-0.4, -0.2) is 0 Å². The number of benzene rings is 2. The minimum atomic E-state index is -0.583. The Morgan fingerprint density at radius 1 is 1.00 bits per heavy atom. The molecule has 0 amide bonds. The summed E-state index contributed by atoms with van der Waals surface area (Å²) in [5, 5.41) is 0. The Bertz CT molecular complexity index is 529. The fraction of sp³-hybridized carbons (Fsp3) is 0.250. The van der Waals surface area contributed by atoms with Crippen LogP contribution < -0.4 is 5.73 Å². The van der Waals surface area contributed by atoms with Crippen LogP contribution in [0.1, 0.15) is 29.2 Å². The summed E-state index contributed by atoms with van der Waals surface area (Å²) in [4.78, 5) is 0. The highest BCUT2D eigenvalue weighted by molar-refractivity contribution is 5.23. The van der Waals surface area contributed by atoms with E-state index in [-0.39, 0.29) is 6.04 Å². The molecule has 0 fully saturated rings. The maximum absolute atomic E-state index is 13.1. The van der Waals surface area contributed by atoms with E-state index in [1.165, 1.54) is 23.3 Å². The Hall–Kier alpha value is -1.74. The Morgan fingerprint density at radius 2 is 1.58 bits per heavy atom. The monoisotopic (exact) mass is 261 g/mol. The number of nitrogens with two attached hydrogens (primary N) is 1. The molecule has 0 aliphatic carbocycles. The van der Waals surface area contributed by atoms with Gasteiger partial charge in [-0.05, 0) is 43.0 Å². The Kier molecular flexibility index (Phi) is 4.27. The Morgan fingerprint density at radius 3 is 2.16 bits per heavy atom. The molecule has 0 heterocycles. The zero-order valence-corrected chi connectivity index (χ0v) is 10.9. The lowest BCUT2D eigenvalue weighted by molar-refractivity contribution is 0.567. The van der Waals surface area contributed by atoms with E-state index < -0.39 is 11.6 Å². The summed E-state index contributed by atoms with van der Waals surface area (Å²) in [6.07, 6.45) is 1.45. The number of hydrogen-bond acceptors (Lipinski definition) is 1. The first-order chi connectivity index (χ1) is 9.04. The highest BCUT2D eigenvalue weighted by Crippen LogP contribution is 2.19. The molecule has 0 radical (unpaired) electrons. The fourth-order valence-corrected chi connectivity index (χ4v) is 2.03. The van der Waals surface area contributed by atoms with Crippen molar-refractivity contribution in [1.29, 1.82) is 0 Å². The average Bonchev–Trinajstić information content (AvgIpc) is 2.36. The third-order valence-corrected chi connectivity index (χ3v) is 3.18. The first kappa shape index (κ1) is 13.7. The number of hydrogen-bond donors (Lipinski definition) is 1. The van der Waals surface area contributed by atoms with Crippen molar-refractivity contribution < 1.29 is 8.78 Å². The summed E-state index contributed by atoms with van der Waals surface area (Å²) in [5.41, 5.74) is 8.87. The summed E-state index contributed by atoms with van der Waals surface area (Å²) in [7, 11) is 0. The van der Waals surface area contributed by atoms with Crippen LogP contribution in [0.15, 0.2) is 42.5 Å². The molecule has 100 valence electrons. The maximum atomic E-state index is 13.1. The smallest absolute Gasteiger partial charge is 0.126 e. The van der Waals surface area contributed by atoms with E-state index in [0.717, 1.165) is 12.5 Å². The van der Waals surface area contributed by atoms with E-state index >= 15 is 0 Å². The summed E-state index contributed by atoms with van der Waals surface area (Å²) >= 11 is 0. The van der Waals surface area contributed by atoms with E-state index in [0.29, 0.717) is 12.0 Å². The van der Waals surface area contributed by atoms with Crippen molar-refractivity contribution in [3.05, 3.63) is 70.8 Å². The van der Waals surface area contributed by atoms with E-state index in [1.54, 1.807) is 0 Å². The normalized spacial score (nSPS) is 12.4. The molecule has 0 saturated heterocycles. The van der Waals surface area contributed by atoms with Crippen molar-refractivity contribution in [2.75, 3.05) is 0 Å². The predicted molar refractivity (Wildman–Crippen MR) is 72.8 cm³/mol. The van der Waals surface area contributed by atoms with Crippen molar-refractivity contribution in [2.24, 2.45) is 5.73 Å². The molecule has 0 spiro atoms. The molecule has 2 aromatic rings. The van der Waals surface area contributed by atoms with E-state index in [1.807, 2.05) is 31.2 Å². The predicted octanol–water partition coefficient (Wildman–Crippen LogP) is 3.91. The molecule has 0 saturated carbocycles. The molecule has 0 aliphatic heterocycles. The number of rotatable bonds is 4. The SMILES string of the molecule is Cc1ccc(CCC(N)c2cc(F)cc(F)c2)cc1. The van der Waals surface area contributed by atoms with Gasteiger partial charge in [0.05, 0.1) is 0 Å². The van der Waals surface area contributed by atoms with Crippen molar-refractivity contribution >= 4 is 0 Å². The number of aryl methyl sites for hydroxylation is 2. The molecule has 1 unspecified atom stereocenters. The van der Waals surface area contributed by atoms with E-state index in [4.69, 9.17) is 5.73 Å². The van der Waals surface area contributed by atoms with Gasteiger partial charge in [0.25, 0.3) is 0 Å². The molecule has 0 aliphatic rings. The standard InChI is InChI=1S/C16H17F2N/c1-11-2-4-12(5-3-11)6-7-16(19)13-8-14(17)10-15(18)9-13/h2-5,8-10,16H,6-7,19H2,1H3. The van der Waals surface area contributed by atoms with Crippen molar-refractivity contribution in [3.63, 3.8) is 0 Å². The minimum absolute atomic E-state index is 0.355. The first-order valence-corrected chi connectivity index (χ1v) is 6.32. The molecule has 2 aromatic carbocycles. The van der Waals surface area contributed by atoms with Gasteiger partial charge in [0.2, 0.25) is 0 Å². The summed E-state index contributed by atoms with van der Waals surface area (Å²) in [5.74, 6) is -1.17. The van der Waals surface area contributed by atoms with Crippen LogP contribution in [0.3, 0.4) is 0 Å². The summed E-state index contributed by atoms with van der Waals surface area (Å²) < 4.78 is 26.2. The van der Waals surface area contributed by atoms with Crippen LogP contribution in [0.5, 0.6) is 0 Å². The van der Waals surface area contributed by atoms with Gasteiger partial charge in [-0.3, -0.25) is 0 Å². The van der Waals surface area contributed by atoms with Gasteiger partial charge in [0.15, 0.2) is 0 Å². The lowest BCUT2D eigenvalue weighted by Crippen LogP contribution is -2.12. The summed E-state index contributed by atoms with van der Waals surface area (Å²) in [6.45, 7) is 2.03. The van der Waals surface area contributed by atoms with E-state index in [2.05, 4.69) is 0 Å². The quantitative estimate of drug-likeness (QED) is 0.887. The fourth-order valence-electron chi connectivity index (χ4n) is 2.03. The zero-order valence-electron chi connectivity index (χ0n) is 10.9. The Balaban J connectivity index is 2.00. The van der Waals surface area contributed by atoms with Gasteiger partial charge in [-0.25, -0.2) is 8.78 Å². The molecule has 1 atom stereocenters. The zero-order chi connectivity index (χ0) is 13.8. The Labute approximate surface area is 112 Å². The van der Waals surface area contributed by atoms with Gasteiger partial charge in [-0.1, -0.05) is 29.8 Å². The third kappa shape index (κ3) is 3.86. The van der Waals surface area contributed by atoms with Crippen molar-refractivity contribution in [1.82, 2.24) is 0 Å². The van der Waals surface area contributed by atoms with Gasteiger partial charge < -0.3 is 5.73 Å². The highest BCUT2D eigenvalue weighted by atomic mass is 19.1. The average molecular weight is 261 g/mol. The van der Waals surface area contributed by atoms with Crippen molar-refractivity contribution in [2.45, 2.75) is 25.8 Å². The molecular formula is C16H17F2N. The third-order valence-electron chi connectivity index (χ3n) is 3.18. The minimum Gasteiger partial charge on any atom is -0.324 e. The largest absolute Gasteiger partial charge is 0.324 e. The number of halogens is 2. The molecule has 2 rings (SSSR count). The molecule has 2 N–H and O–H groups in total. The lowest BCUT2D eigenvalue weighted by atomic mass is 9.99. The van der Waals surface area contributed by atoms with Crippen LogP contribution >= 0.6 is 0 Å². The van der Waals surface area contributed by atoms with Crippen LogP contribution in [0.2, 0.25) is 0 Å². The van der Waals surface area contributed by atoms with Crippen LogP contribution in [-0.2, 0) is 6.42 Å². The van der Waals surface area contributed by atoms with E-state index in [9.17, 15) is 8.78 Å². The molecule has 3 heteroatoms. The van der Waals surface area contributed by atoms with Crippen molar-refractivity contribution in [3.8, 4) is 0 Å². The second kappa shape index (κ2) is 5.93. The molecular weight excluding hydrogens is 244 g/mol. The summed E-state index contributed by atoms with van der Waals surface area (Å²) in [6, 6.07) is 11.3. The second-order valence-electron chi connectivity index (χ2n) is 4.83. The van der Waals surface area contributed by atoms with Gasteiger partial charge in [-0.2, -0.15) is 0 Å². The van der Waals surface area contributed by atoms with Gasteiger partial charge in [0, 0.05) is 12.1 Å². The molecule has 0 bridgehead atoms. The maximum Gasteiger partial charge on any atom is 0.126 e. The van der Waals surface area contributed by atoms with Crippen LogP contribution in [0.25, 0.3) is 0 Å². The molecule has 0 aromatic heterocycles. The van der Waals surface area contributed by atoms with Gasteiger partial charge in [-0.15, -0.1) is 0 Å². The first-order valence-electron chi connectivity index (χ1n) is 6.32. The van der Waals surface area contributed by atoms with Crippen LogP contribution in [0, 0.1) is 18.6 Å². The topological polar surface area (TPSA) is 26.0 Å². The molecule has 19 heavy (non-hydrogen) atoms.